The molecular formula is C16H29NO2S. The van der Waals surface area contributed by atoms with Crippen LogP contribution >= 0.6 is 11.8 Å². The molecular weight excluding hydrogens is 270 g/mol. The lowest BCUT2D eigenvalue weighted by Gasteiger charge is -2.17. The molecule has 0 fully saturated rings. The molecule has 0 radical (unpaired) electrons. The maximum absolute atomic E-state index is 11.7. The van der Waals surface area contributed by atoms with Gasteiger partial charge in [0.25, 0.3) is 0 Å². The highest BCUT2D eigenvalue weighted by Gasteiger charge is 2.15. The van der Waals surface area contributed by atoms with Crippen LogP contribution in [0.4, 0.5) is 0 Å². The summed E-state index contributed by atoms with van der Waals surface area (Å²) in [7, 11) is 0. The van der Waals surface area contributed by atoms with Gasteiger partial charge in [0.15, 0.2) is 0 Å². The normalized spacial score (nSPS) is 14.5. The molecule has 1 rings (SSSR count). The molecule has 1 aliphatic rings. The molecule has 20 heavy (non-hydrogen) atoms. The van der Waals surface area contributed by atoms with Crippen LogP contribution in [0, 0.1) is 0 Å². The predicted molar refractivity (Wildman–Crippen MR) is 86.5 cm³/mol. The molecule has 0 atom stereocenters. The van der Waals surface area contributed by atoms with Crippen molar-refractivity contribution in [2.45, 2.75) is 65.2 Å². The number of hydrogen-bond donors (Lipinski definition) is 0. The Kier molecular flexibility index (Phi) is 9.63. The fraction of sp³-hybridized carbons (Fsp3) is 0.812. The number of thioether (sulfide) groups is 1. The molecule has 0 unspecified atom stereocenters. The number of nitrogens with zero attached hydrogens (tertiary/aromatic N) is 1. The van der Waals surface area contributed by atoms with E-state index in [0.29, 0.717) is 13.2 Å². The molecule has 0 aromatic heterocycles. The topological polar surface area (TPSA) is 29.5 Å². The van der Waals surface area contributed by atoms with Gasteiger partial charge >= 0.3 is 5.97 Å². The molecule has 0 spiro atoms. The highest BCUT2D eigenvalue weighted by molar-refractivity contribution is 8.02. The van der Waals surface area contributed by atoms with Crippen LogP contribution in [0.15, 0.2) is 11.1 Å². The molecule has 1 aliphatic heterocycles. The van der Waals surface area contributed by atoms with Crippen molar-refractivity contribution in [3.05, 3.63) is 11.1 Å². The smallest absolute Gasteiger partial charge is 0.325 e. The van der Waals surface area contributed by atoms with Gasteiger partial charge in [0.1, 0.15) is 6.54 Å². The summed E-state index contributed by atoms with van der Waals surface area (Å²) in [5.41, 5.74) is 1.17. The molecule has 0 saturated heterocycles. The van der Waals surface area contributed by atoms with Crippen molar-refractivity contribution in [3.8, 4) is 0 Å². The molecule has 0 aromatic carbocycles. The van der Waals surface area contributed by atoms with E-state index >= 15 is 0 Å². The van der Waals surface area contributed by atoms with Crippen molar-refractivity contribution in [1.82, 2.24) is 4.90 Å². The van der Waals surface area contributed by atoms with Gasteiger partial charge in [0.05, 0.1) is 12.5 Å². The Hall–Kier alpha value is -0.640. The summed E-state index contributed by atoms with van der Waals surface area (Å²) in [5, 5.41) is 2.09. The summed E-state index contributed by atoms with van der Waals surface area (Å²) in [6.45, 7) is 5.25. The third-order valence-corrected chi connectivity index (χ3v) is 4.53. The molecule has 0 aromatic rings. The number of rotatable bonds is 11. The molecule has 1 heterocycles. The first-order valence-corrected chi connectivity index (χ1v) is 8.98. The summed E-state index contributed by atoms with van der Waals surface area (Å²) in [4.78, 5) is 13.7. The van der Waals surface area contributed by atoms with E-state index in [2.05, 4.69) is 17.2 Å². The van der Waals surface area contributed by atoms with Crippen LogP contribution in [0.2, 0.25) is 0 Å². The predicted octanol–water partition coefficient (Wildman–Crippen LogP) is 4.54. The summed E-state index contributed by atoms with van der Waals surface area (Å²) < 4.78 is 5.28. The van der Waals surface area contributed by atoms with Crippen molar-refractivity contribution >= 4 is 17.7 Å². The largest absolute Gasteiger partial charge is 0.464 e. The van der Waals surface area contributed by atoms with E-state index in [1.54, 1.807) is 11.8 Å². The summed E-state index contributed by atoms with van der Waals surface area (Å²) >= 11 is 1.73. The lowest BCUT2D eigenvalue weighted by molar-refractivity contribution is -0.144. The first-order chi connectivity index (χ1) is 9.74. The zero-order valence-corrected chi connectivity index (χ0v) is 13.8. The van der Waals surface area contributed by atoms with Gasteiger partial charge in [-0.2, -0.15) is 0 Å². The second kappa shape index (κ2) is 11.1. The minimum atomic E-state index is -0.0943. The fourth-order valence-corrected chi connectivity index (χ4v) is 3.16. The first-order valence-electron chi connectivity index (χ1n) is 7.93. The molecule has 3 nitrogen and oxygen atoms in total. The van der Waals surface area contributed by atoms with E-state index in [-0.39, 0.29) is 5.97 Å². The van der Waals surface area contributed by atoms with E-state index in [9.17, 15) is 4.79 Å². The van der Waals surface area contributed by atoms with Crippen molar-refractivity contribution in [2.75, 3.05) is 19.0 Å². The van der Waals surface area contributed by atoms with Crippen molar-refractivity contribution in [2.24, 2.45) is 0 Å². The third-order valence-electron chi connectivity index (χ3n) is 3.56. The molecule has 0 aliphatic carbocycles. The molecule has 0 amide bonds. The van der Waals surface area contributed by atoms with Gasteiger partial charge in [-0.25, -0.2) is 0 Å². The lowest BCUT2D eigenvalue weighted by Crippen LogP contribution is -2.27. The highest BCUT2D eigenvalue weighted by Crippen LogP contribution is 2.21. The van der Waals surface area contributed by atoms with Crippen LogP contribution < -0.4 is 0 Å². The van der Waals surface area contributed by atoms with Gasteiger partial charge in [0.2, 0.25) is 0 Å². The Balaban J connectivity index is 1.88. The zero-order chi connectivity index (χ0) is 14.6. The maximum Gasteiger partial charge on any atom is 0.325 e. The number of hydrogen-bond acceptors (Lipinski definition) is 4. The number of ether oxygens (including phenoxy) is 1. The first kappa shape index (κ1) is 17.4. The Bertz CT molecular complexity index is 305. The lowest BCUT2D eigenvalue weighted by atomic mass is 10.1. The number of unbranched alkanes of at least 4 members (excludes halogenated alkanes) is 7. The average Bonchev–Trinajstić information content (AvgIpc) is 2.82. The van der Waals surface area contributed by atoms with Crippen LogP contribution in [0.1, 0.15) is 65.2 Å². The summed E-state index contributed by atoms with van der Waals surface area (Å²) in [5.74, 6) is 0.779. The highest BCUT2D eigenvalue weighted by atomic mass is 32.2. The van der Waals surface area contributed by atoms with Gasteiger partial charge in [0, 0.05) is 5.70 Å². The van der Waals surface area contributed by atoms with E-state index in [0.717, 1.165) is 12.3 Å². The second-order valence-corrected chi connectivity index (χ2v) is 6.28. The molecule has 0 bridgehead atoms. The van der Waals surface area contributed by atoms with Gasteiger partial charge in [-0.15, -0.1) is 11.8 Å². The third kappa shape index (κ3) is 7.83. The van der Waals surface area contributed by atoms with Crippen molar-refractivity contribution in [1.29, 1.82) is 0 Å². The number of carbonyl (C=O) groups is 1. The van der Waals surface area contributed by atoms with Gasteiger partial charge in [-0.1, -0.05) is 51.9 Å². The van der Waals surface area contributed by atoms with Crippen molar-refractivity contribution in [3.63, 3.8) is 0 Å². The van der Waals surface area contributed by atoms with Gasteiger partial charge < -0.3 is 9.64 Å². The van der Waals surface area contributed by atoms with Crippen LogP contribution in [0.3, 0.4) is 0 Å². The zero-order valence-electron chi connectivity index (χ0n) is 13.0. The molecule has 0 saturated carbocycles. The number of carbonyl (C=O) groups excluding carboxylic acids is 1. The van der Waals surface area contributed by atoms with Crippen LogP contribution in [0.5, 0.6) is 0 Å². The molecule has 0 N–H and O–H groups in total. The van der Waals surface area contributed by atoms with E-state index in [1.165, 1.54) is 50.6 Å². The quantitative estimate of drug-likeness (QED) is 0.414. The van der Waals surface area contributed by atoms with Crippen LogP contribution in [-0.2, 0) is 9.53 Å². The summed E-state index contributed by atoms with van der Waals surface area (Å²) in [6, 6.07) is 0. The van der Waals surface area contributed by atoms with E-state index in [1.807, 2.05) is 6.92 Å². The average molecular weight is 299 g/mol. The Labute approximate surface area is 128 Å². The van der Waals surface area contributed by atoms with E-state index in [4.69, 9.17) is 4.74 Å². The Morgan fingerprint density at radius 2 is 1.85 bits per heavy atom. The number of esters is 1. The Morgan fingerprint density at radius 3 is 2.45 bits per heavy atom. The standard InChI is InChI=1S/C16H29NO2S/c1-3-4-5-6-7-8-9-10-11-19-16(18)12-17-14-20-13-15(17)2/h13H,3-12,14H2,1-2H3. The van der Waals surface area contributed by atoms with Crippen molar-refractivity contribution < 1.29 is 9.53 Å². The fourth-order valence-electron chi connectivity index (χ4n) is 2.22. The maximum atomic E-state index is 11.7. The minimum absolute atomic E-state index is 0.0943. The van der Waals surface area contributed by atoms with Crippen LogP contribution in [0.25, 0.3) is 0 Å². The van der Waals surface area contributed by atoms with E-state index < -0.39 is 0 Å². The number of allylic oxidation sites excluding steroid dienone is 1. The van der Waals surface area contributed by atoms with Crippen LogP contribution in [-0.4, -0.2) is 29.9 Å². The molecule has 116 valence electrons. The van der Waals surface area contributed by atoms with Gasteiger partial charge in [-0.05, 0) is 18.8 Å². The monoisotopic (exact) mass is 299 g/mol. The second-order valence-electron chi connectivity index (χ2n) is 5.45. The SMILES string of the molecule is CCCCCCCCCCOC(=O)CN1CSC=C1C. The summed E-state index contributed by atoms with van der Waals surface area (Å²) in [6.07, 6.45) is 10.2. The minimum Gasteiger partial charge on any atom is -0.464 e. The molecule has 4 heteroatoms. The Morgan fingerprint density at radius 1 is 1.20 bits per heavy atom. The van der Waals surface area contributed by atoms with Gasteiger partial charge in [-0.3, -0.25) is 4.79 Å².